The van der Waals surface area contributed by atoms with Gasteiger partial charge in [-0.2, -0.15) is 0 Å². The summed E-state index contributed by atoms with van der Waals surface area (Å²) in [5, 5.41) is 0. The maximum absolute atomic E-state index is 12.7. The van der Waals surface area contributed by atoms with Crippen molar-refractivity contribution in [3.05, 3.63) is 65.2 Å². The van der Waals surface area contributed by atoms with Gasteiger partial charge in [-0.3, -0.25) is 4.79 Å². The van der Waals surface area contributed by atoms with Gasteiger partial charge < -0.3 is 9.47 Å². The molecule has 0 N–H and O–H groups in total. The molecule has 0 unspecified atom stereocenters. The average molecular weight is 381 g/mol. The highest BCUT2D eigenvalue weighted by atomic mass is 16.5. The maximum Gasteiger partial charge on any atom is 0.185 e. The van der Waals surface area contributed by atoms with Crippen LogP contribution in [-0.4, -0.2) is 19.0 Å². The minimum absolute atomic E-state index is 0.0493. The number of ketones is 1. The standard InChI is InChI=1S/C25H32O3/c1-6-20-10-13-25(28-17-19(4)5)22(14-20)11-12-24(26)21-8-7-9-23(15-21)27-16-18(2)3/h7-15,18-19H,6,16-17H2,1-5H3. The Morgan fingerprint density at radius 3 is 2.36 bits per heavy atom. The van der Waals surface area contributed by atoms with Crippen LogP contribution in [0.25, 0.3) is 6.08 Å². The zero-order valence-electron chi connectivity index (χ0n) is 17.7. The summed E-state index contributed by atoms with van der Waals surface area (Å²) in [5.41, 5.74) is 2.77. The molecular weight excluding hydrogens is 348 g/mol. The van der Waals surface area contributed by atoms with Gasteiger partial charge in [-0.15, -0.1) is 0 Å². The number of rotatable bonds is 10. The third-order valence-corrected chi connectivity index (χ3v) is 4.17. The first-order chi connectivity index (χ1) is 13.4. The number of benzene rings is 2. The van der Waals surface area contributed by atoms with Gasteiger partial charge in [0, 0.05) is 11.1 Å². The predicted molar refractivity (Wildman–Crippen MR) is 116 cm³/mol. The van der Waals surface area contributed by atoms with Gasteiger partial charge in [0.1, 0.15) is 11.5 Å². The van der Waals surface area contributed by atoms with Gasteiger partial charge >= 0.3 is 0 Å². The monoisotopic (exact) mass is 380 g/mol. The molecule has 0 amide bonds. The van der Waals surface area contributed by atoms with Gasteiger partial charge in [-0.1, -0.05) is 52.8 Å². The third kappa shape index (κ3) is 6.88. The average Bonchev–Trinajstić information content (AvgIpc) is 2.69. The Bertz CT molecular complexity index is 803. The van der Waals surface area contributed by atoms with Crippen LogP contribution < -0.4 is 9.47 Å². The number of ether oxygens (including phenoxy) is 2. The number of carbonyl (C=O) groups excluding carboxylic acids is 1. The van der Waals surface area contributed by atoms with Crippen LogP contribution in [0, 0.1) is 11.8 Å². The molecule has 0 aliphatic carbocycles. The fraction of sp³-hybridized carbons (Fsp3) is 0.400. The number of hydrogen-bond acceptors (Lipinski definition) is 3. The van der Waals surface area contributed by atoms with E-state index < -0.39 is 0 Å². The molecule has 0 atom stereocenters. The molecule has 0 spiro atoms. The fourth-order valence-electron chi connectivity index (χ4n) is 2.60. The van der Waals surface area contributed by atoms with Crippen LogP contribution in [0.1, 0.15) is 56.1 Å². The van der Waals surface area contributed by atoms with Crippen LogP contribution in [0.15, 0.2) is 48.5 Å². The van der Waals surface area contributed by atoms with Crippen molar-refractivity contribution in [2.24, 2.45) is 11.8 Å². The lowest BCUT2D eigenvalue weighted by atomic mass is 10.0. The number of carbonyl (C=O) groups is 1. The van der Waals surface area contributed by atoms with Gasteiger partial charge in [0.15, 0.2) is 5.78 Å². The van der Waals surface area contributed by atoms with Gasteiger partial charge in [0.2, 0.25) is 0 Å². The Morgan fingerprint density at radius 1 is 0.964 bits per heavy atom. The molecule has 3 heteroatoms. The van der Waals surface area contributed by atoms with Crippen molar-refractivity contribution in [2.75, 3.05) is 13.2 Å². The summed E-state index contributed by atoms with van der Waals surface area (Å²) in [4.78, 5) is 12.7. The van der Waals surface area contributed by atoms with E-state index >= 15 is 0 Å². The van der Waals surface area contributed by atoms with Crippen molar-refractivity contribution in [1.29, 1.82) is 0 Å². The predicted octanol–water partition coefficient (Wildman–Crippen LogP) is 6.21. The lowest BCUT2D eigenvalue weighted by molar-refractivity contribution is 0.104. The van der Waals surface area contributed by atoms with Crippen LogP contribution in [0.2, 0.25) is 0 Å². The third-order valence-electron chi connectivity index (χ3n) is 4.17. The normalized spacial score (nSPS) is 11.4. The number of aryl methyl sites for hydroxylation is 1. The quantitative estimate of drug-likeness (QED) is 0.363. The Hall–Kier alpha value is -2.55. The summed E-state index contributed by atoms with van der Waals surface area (Å²) < 4.78 is 11.7. The van der Waals surface area contributed by atoms with E-state index in [0.29, 0.717) is 30.6 Å². The summed E-state index contributed by atoms with van der Waals surface area (Å²) in [6, 6.07) is 13.5. The molecule has 0 aliphatic rings. The van der Waals surface area contributed by atoms with Crippen LogP contribution in [0.4, 0.5) is 0 Å². The molecule has 0 saturated carbocycles. The summed E-state index contributed by atoms with van der Waals surface area (Å²) in [5.74, 6) is 2.37. The van der Waals surface area contributed by atoms with E-state index in [-0.39, 0.29) is 5.78 Å². The zero-order chi connectivity index (χ0) is 20.5. The summed E-state index contributed by atoms with van der Waals surface area (Å²) >= 11 is 0. The topological polar surface area (TPSA) is 35.5 Å². The molecule has 0 fully saturated rings. The molecular formula is C25H32O3. The molecule has 0 bridgehead atoms. The van der Waals surface area contributed by atoms with E-state index in [1.807, 2.05) is 30.3 Å². The van der Waals surface area contributed by atoms with Crippen LogP contribution >= 0.6 is 0 Å². The SMILES string of the molecule is CCc1ccc(OCC(C)C)c(C=CC(=O)c2cccc(OCC(C)C)c2)c1. The number of allylic oxidation sites excluding steroid dienone is 1. The minimum atomic E-state index is -0.0493. The first-order valence-electron chi connectivity index (χ1n) is 10.1. The van der Waals surface area contributed by atoms with Crippen molar-refractivity contribution < 1.29 is 14.3 Å². The van der Waals surface area contributed by atoms with Gasteiger partial charge in [0.25, 0.3) is 0 Å². The molecule has 0 aromatic heterocycles. The van der Waals surface area contributed by atoms with E-state index in [9.17, 15) is 4.79 Å². The summed E-state index contributed by atoms with van der Waals surface area (Å²) in [6.45, 7) is 11.8. The van der Waals surface area contributed by atoms with Gasteiger partial charge in [-0.25, -0.2) is 0 Å². The molecule has 0 aliphatic heterocycles. The Morgan fingerprint density at radius 2 is 1.68 bits per heavy atom. The maximum atomic E-state index is 12.7. The molecule has 3 nitrogen and oxygen atoms in total. The van der Waals surface area contributed by atoms with E-state index in [4.69, 9.17) is 9.47 Å². The molecule has 2 rings (SSSR count). The fourth-order valence-corrected chi connectivity index (χ4v) is 2.60. The summed E-state index contributed by atoms with van der Waals surface area (Å²) in [7, 11) is 0. The van der Waals surface area contributed by atoms with Crippen molar-refractivity contribution in [1.82, 2.24) is 0 Å². The molecule has 28 heavy (non-hydrogen) atoms. The lowest BCUT2D eigenvalue weighted by Gasteiger charge is -2.12. The number of hydrogen-bond donors (Lipinski definition) is 0. The van der Waals surface area contributed by atoms with Crippen molar-refractivity contribution >= 4 is 11.9 Å². The smallest absolute Gasteiger partial charge is 0.185 e. The second-order valence-corrected chi connectivity index (χ2v) is 7.86. The lowest BCUT2D eigenvalue weighted by Crippen LogP contribution is -2.06. The van der Waals surface area contributed by atoms with E-state index in [1.54, 1.807) is 12.1 Å². The molecule has 0 radical (unpaired) electrons. The van der Waals surface area contributed by atoms with Gasteiger partial charge in [0.05, 0.1) is 13.2 Å². The molecule has 2 aromatic rings. The van der Waals surface area contributed by atoms with E-state index in [0.717, 1.165) is 23.5 Å². The first-order valence-corrected chi connectivity index (χ1v) is 10.1. The Labute approximate surface area is 169 Å². The highest BCUT2D eigenvalue weighted by molar-refractivity contribution is 6.07. The van der Waals surface area contributed by atoms with E-state index in [1.165, 1.54) is 5.56 Å². The highest BCUT2D eigenvalue weighted by Crippen LogP contribution is 2.23. The summed E-state index contributed by atoms with van der Waals surface area (Å²) in [6.07, 6.45) is 4.39. The second kappa shape index (κ2) is 10.7. The van der Waals surface area contributed by atoms with Gasteiger partial charge in [-0.05, 0) is 60.2 Å². The van der Waals surface area contributed by atoms with Crippen molar-refractivity contribution in [3.8, 4) is 11.5 Å². The van der Waals surface area contributed by atoms with Crippen LogP contribution in [0.3, 0.4) is 0 Å². The molecule has 0 saturated heterocycles. The van der Waals surface area contributed by atoms with Crippen molar-refractivity contribution in [2.45, 2.75) is 41.0 Å². The molecule has 2 aromatic carbocycles. The largest absolute Gasteiger partial charge is 0.493 e. The van der Waals surface area contributed by atoms with Crippen molar-refractivity contribution in [3.63, 3.8) is 0 Å². The zero-order valence-corrected chi connectivity index (χ0v) is 17.7. The van der Waals surface area contributed by atoms with Crippen LogP contribution in [0.5, 0.6) is 11.5 Å². The van der Waals surface area contributed by atoms with Crippen LogP contribution in [-0.2, 0) is 6.42 Å². The Balaban J connectivity index is 2.17. The molecule has 150 valence electrons. The first kappa shape index (κ1) is 21.7. The Kier molecular flexibility index (Phi) is 8.31. The van der Waals surface area contributed by atoms with E-state index in [2.05, 4.69) is 46.8 Å². The minimum Gasteiger partial charge on any atom is -0.493 e. The molecule has 0 heterocycles. The second-order valence-electron chi connectivity index (χ2n) is 7.86. The highest BCUT2D eigenvalue weighted by Gasteiger charge is 2.07.